The number of esters is 2. The first-order chi connectivity index (χ1) is 13.1. The fourth-order valence-electron chi connectivity index (χ4n) is 2.76. The molecule has 7 heteroatoms. The monoisotopic (exact) mass is 372 g/mol. The van der Waals surface area contributed by atoms with Gasteiger partial charge in [0.15, 0.2) is 18.5 Å². The van der Waals surface area contributed by atoms with E-state index >= 15 is 0 Å². The fraction of sp³-hybridized carbons (Fsp3) is 0.300. The molecule has 0 aliphatic carbocycles. The molecular weight excluding hydrogens is 352 g/mol. The minimum absolute atomic E-state index is 0.120. The minimum atomic E-state index is -1.17. The SMILES string of the molecule is CO[C@@H]1OC[C@@H](O)[C@@H](OC(=O)c2ccccc2)[C@@H]1OC(=O)c1ccccc1. The molecule has 0 amide bonds. The zero-order valence-corrected chi connectivity index (χ0v) is 14.7. The van der Waals surface area contributed by atoms with Crippen LogP contribution in [0.2, 0.25) is 0 Å². The number of methoxy groups -OCH3 is 1. The van der Waals surface area contributed by atoms with Crippen LogP contribution in [0.4, 0.5) is 0 Å². The van der Waals surface area contributed by atoms with Crippen molar-refractivity contribution in [1.82, 2.24) is 0 Å². The predicted molar refractivity (Wildman–Crippen MR) is 94.0 cm³/mol. The number of rotatable bonds is 5. The number of carbonyl (C=O) groups is 2. The number of hydrogen-bond donors (Lipinski definition) is 1. The number of hydrogen-bond acceptors (Lipinski definition) is 7. The van der Waals surface area contributed by atoms with E-state index in [0.717, 1.165) is 0 Å². The van der Waals surface area contributed by atoms with Gasteiger partial charge in [-0.2, -0.15) is 0 Å². The molecule has 3 rings (SSSR count). The number of carbonyl (C=O) groups excluding carboxylic acids is 2. The van der Waals surface area contributed by atoms with Crippen LogP contribution in [0.3, 0.4) is 0 Å². The van der Waals surface area contributed by atoms with Gasteiger partial charge in [-0.3, -0.25) is 0 Å². The highest BCUT2D eigenvalue weighted by Gasteiger charge is 2.45. The molecule has 0 radical (unpaired) electrons. The summed E-state index contributed by atoms with van der Waals surface area (Å²) in [6, 6.07) is 16.7. The number of ether oxygens (including phenoxy) is 4. The summed E-state index contributed by atoms with van der Waals surface area (Å²) in [6.07, 6.45) is -4.41. The van der Waals surface area contributed by atoms with Gasteiger partial charge in [-0.1, -0.05) is 36.4 Å². The van der Waals surface area contributed by atoms with E-state index in [2.05, 4.69) is 0 Å². The standard InChI is InChI=1S/C20H20O7/c1-24-20-17(27-19(23)14-10-6-3-7-11-14)16(15(21)12-25-20)26-18(22)13-8-4-2-5-9-13/h2-11,15-17,20-21H,12H2,1H3/t15-,16-,17+,20-/m1/s1. The van der Waals surface area contributed by atoms with Gasteiger partial charge >= 0.3 is 11.9 Å². The third-order valence-corrected chi connectivity index (χ3v) is 4.14. The second-order valence-corrected chi connectivity index (χ2v) is 5.98. The maximum atomic E-state index is 12.4. The molecule has 2 aromatic rings. The van der Waals surface area contributed by atoms with E-state index in [1.54, 1.807) is 60.7 Å². The van der Waals surface area contributed by atoms with Crippen molar-refractivity contribution in [3.05, 3.63) is 71.8 Å². The van der Waals surface area contributed by atoms with E-state index < -0.39 is 36.5 Å². The van der Waals surface area contributed by atoms with Gasteiger partial charge < -0.3 is 24.1 Å². The van der Waals surface area contributed by atoms with Gasteiger partial charge in [0.25, 0.3) is 0 Å². The highest BCUT2D eigenvalue weighted by atomic mass is 16.7. The lowest BCUT2D eigenvalue weighted by atomic mass is 10.0. The van der Waals surface area contributed by atoms with Crippen molar-refractivity contribution in [3.8, 4) is 0 Å². The zero-order valence-electron chi connectivity index (χ0n) is 14.7. The number of aliphatic hydroxyl groups is 1. The van der Waals surface area contributed by atoms with Gasteiger partial charge in [0.05, 0.1) is 17.7 Å². The molecule has 1 N–H and O–H groups in total. The summed E-state index contributed by atoms with van der Waals surface area (Å²) in [7, 11) is 1.38. The number of aliphatic hydroxyl groups excluding tert-OH is 1. The smallest absolute Gasteiger partial charge is 0.338 e. The molecule has 142 valence electrons. The van der Waals surface area contributed by atoms with Crippen LogP contribution in [0.5, 0.6) is 0 Å². The minimum Gasteiger partial charge on any atom is -0.452 e. The lowest BCUT2D eigenvalue weighted by Gasteiger charge is -2.38. The Labute approximate surface area is 156 Å². The van der Waals surface area contributed by atoms with Crippen molar-refractivity contribution in [2.24, 2.45) is 0 Å². The zero-order chi connectivity index (χ0) is 19.2. The summed E-state index contributed by atoms with van der Waals surface area (Å²) in [5, 5.41) is 10.3. The lowest BCUT2D eigenvalue weighted by Crippen LogP contribution is -2.57. The molecule has 0 bridgehead atoms. The van der Waals surface area contributed by atoms with Crippen molar-refractivity contribution in [1.29, 1.82) is 0 Å². The Kier molecular flexibility index (Phi) is 6.18. The van der Waals surface area contributed by atoms with Gasteiger partial charge in [0.2, 0.25) is 0 Å². The molecule has 1 saturated heterocycles. The normalized spacial score (nSPS) is 24.8. The average molecular weight is 372 g/mol. The quantitative estimate of drug-likeness (QED) is 0.800. The van der Waals surface area contributed by atoms with Gasteiger partial charge in [0, 0.05) is 7.11 Å². The van der Waals surface area contributed by atoms with E-state index in [-0.39, 0.29) is 6.61 Å². The van der Waals surface area contributed by atoms with Crippen LogP contribution in [0, 0.1) is 0 Å². The molecule has 0 aromatic heterocycles. The van der Waals surface area contributed by atoms with Crippen molar-refractivity contribution in [3.63, 3.8) is 0 Å². The van der Waals surface area contributed by atoms with Crippen LogP contribution in [0.25, 0.3) is 0 Å². The topological polar surface area (TPSA) is 91.3 Å². The Hall–Kier alpha value is -2.74. The molecule has 1 fully saturated rings. The Morgan fingerprint density at radius 3 is 1.85 bits per heavy atom. The summed E-state index contributed by atoms with van der Waals surface area (Å²) in [4.78, 5) is 24.8. The highest BCUT2D eigenvalue weighted by Crippen LogP contribution is 2.24. The van der Waals surface area contributed by atoms with Crippen molar-refractivity contribution in [2.75, 3.05) is 13.7 Å². The van der Waals surface area contributed by atoms with Crippen LogP contribution in [-0.2, 0) is 18.9 Å². The van der Waals surface area contributed by atoms with Gasteiger partial charge in [-0.25, -0.2) is 9.59 Å². The molecular formula is C20H20O7. The van der Waals surface area contributed by atoms with Crippen LogP contribution in [0.1, 0.15) is 20.7 Å². The van der Waals surface area contributed by atoms with Gasteiger partial charge in [-0.05, 0) is 24.3 Å². The van der Waals surface area contributed by atoms with Gasteiger partial charge in [-0.15, -0.1) is 0 Å². The second-order valence-electron chi connectivity index (χ2n) is 5.98. The molecule has 0 unspecified atom stereocenters. The van der Waals surface area contributed by atoms with Crippen molar-refractivity contribution < 1.29 is 33.6 Å². The highest BCUT2D eigenvalue weighted by molar-refractivity contribution is 5.90. The van der Waals surface area contributed by atoms with Crippen LogP contribution in [-0.4, -0.2) is 55.4 Å². The van der Waals surface area contributed by atoms with Crippen LogP contribution < -0.4 is 0 Å². The molecule has 2 aromatic carbocycles. The van der Waals surface area contributed by atoms with E-state index in [1.807, 2.05) is 0 Å². The van der Waals surface area contributed by atoms with Crippen molar-refractivity contribution >= 4 is 11.9 Å². The summed E-state index contributed by atoms with van der Waals surface area (Å²) in [6.45, 7) is -0.120. The van der Waals surface area contributed by atoms with Crippen LogP contribution in [0.15, 0.2) is 60.7 Å². The predicted octanol–water partition coefficient (Wildman–Crippen LogP) is 1.80. The summed E-state index contributed by atoms with van der Waals surface area (Å²) in [5.41, 5.74) is 0.638. The third-order valence-electron chi connectivity index (χ3n) is 4.14. The Morgan fingerprint density at radius 2 is 1.37 bits per heavy atom. The molecule has 4 atom stereocenters. The summed E-state index contributed by atoms with van der Waals surface area (Å²) < 4.78 is 21.5. The van der Waals surface area contributed by atoms with Crippen LogP contribution >= 0.6 is 0 Å². The first kappa shape index (κ1) is 19.0. The molecule has 1 aliphatic heterocycles. The van der Waals surface area contributed by atoms with Crippen molar-refractivity contribution in [2.45, 2.75) is 24.6 Å². The largest absolute Gasteiger partial charge is 0.452 e. The molecule has 27 heavy (non-hydrogen) atoms. The summed E-state index contributed by atoms with van der Waals surface area (Å²) >= 11 is 0. The first-order valence-electron chi connectivity index (χ1n) is 8.44. The Bertz CT molecular complexity index is 762. The fourth-order valence-corrected chi connectivity index (χ4v) is 2.76. The van der Waals surface area contributed by atoms with E-state index in [4.69, 9.17) is 18.9 Å². The maximum Gasteiger partial charge on any atom is 0.338 e. The Balaban J connectivity index is 1.79. The average Bonchev–Trinajstić information content (AvgIpc) is 2.72. The second kappa shape index (κ2) is 8.77. The first-order valence-corrected chi connectivity index (χ1v) is 8.44. The number of benzene rings is 2. The van der Waals surface area contributed by atoms with Gasteiger partial charge in [0.1, 0.15) is 6.10 Å². The third kappa shape index (κ3) is 4.51. The summed E-state index contributed by atoms with van der Waals surface area (Å²) in [5.74, 6) is -1.28. The molecule has 1 heterocycles. The van der Waals surface area contributed by atoms with E-state index in [9.17, 15) is 14.7 Å². The molecule has 0 spiro atoms. The lowest BCUT2D eigenvalue weighted by molar-refractivity contribution is -0.260. The maximum absolute atomic E-state index is 12.4. The van der Waals surface area contributed by atoms with E-state index in [1.165, 1.54) is 7.11 Å². The Morgan fingerprint density at radius 1 is 0.889 bits per heavy atom. The molecule has 7 nitrogen and oxygen atoms in total. The molecule has 1 aliphatic rings. The molecule has 0 saturated carbocycles. The van der Waals surface area contributed by atoms with E-state index in [0.29, 0.717) is 11.1 Å².